The normalized spacial score (nSPS) is 19.1. The molecule has 1 unspecified atom stereocenters. The minimum absolute atomic E-state index is 0.288. The van der Waals surface area contributed by atoms with E-state index in [0.717, 1.165) is 11.4 Å². The Kier molecular flexibility index (Phi) is 5.92. The zero-order chi connectivity index (χ0) is 14.4. The van der Waals surface area contributed by atoms with Crippen molar-refractivity contribution in [2.24, 2.45) is 0 Å². The van der Waals surface area contributed by atoms with E-state index in [-0.39, 0.29) is 6.04 Å². The van der Waals surface area contributed by atoms with Crippen LogP contribution < -0.4 is 5.32 Å². The maximum absolute atomic E-state index is 4.46. The summed E-state index contributed by atoms with van der Waals surface area (Å²) in [6.45, 7) is 10.2. The fourth-order valence-corrected chi connectivity index (χ4v) is 2.98. The molecular weight excluding hydrogens is 248 g/mol. The van der Waals surface area contributed by atoms with Gasteiger partial charge in [0, 0.05) is 24.5 Å². The lowest BCUT2D eigenvalue weighted by Crippen LogP contribution is -2.43. The molecule has 0 aromatic carbocycles. The second-order valence-corrected chi connectivity index (χ2v) is 5.88. The lowest BCUT2D eigenvalue weighted by atomic mass is 10.0. The highest BCUT2D eigenvalue weighted by Gasteiger charge is 2.21. The number of hydrogen-bond donors (Lipinski definition) is 1. The Morgan fingerprint density at radius 1 is 1.30 bits per heavy atom. The third-order valence-electron chi connectivity index (χ3n) is 4.23. The zero-order valence-electron chi connectivity index (χ0n) is 13.1. The Bertz CT molecular complexity index is 399. The largest absolute Gasteiger partial charge is 0.306 e. The third-order valence-corrected chi connectivity index (χ3v) is 4.23. The van der Waals surface area contributed by atoms with Crippen molar-refractivity contribution < 1.29 is 0 Å². The average molecular weight is 276 g/mol. The molecule has 1 aliphatic heterocycles. The van der Waals surface area contributed by atoms with Crippen LogP contribution in [0.2, 0.25) is 0 Å². The molecule has 112 valence electrons. The summed E-state index contributed by atoms with van der Waals surface area (Å²) in [5.41, 5.74) is 2.12. The van der Waals surface area contributed by atoms with Gasteiger partial charge in [0.15, 0.2) is 0 Å². The van der Waals surface area contributed by atoms with Crippen molar-refractivity contribution in [3.8, 4) is 0 Å². The molecule has 0 amide bonds. The number of hydrogen-bond acceptors (Lipinski definition) is 4. The average Bonchev–Trinajstić information content (AvgIpc) is 2.47. The molecule has 0 radical (unpaired) electrons. The summed E-state index contributed by atoms with van der Waals surface area (Å²) in [4.78, 5) is 11.4. The molecule has 1 aromatic rings. The molecule has 1 saturated heterocycles. The van der Waals surface area contributed by atoms with Gasteiger partial charge in [0.1, 0.15) is 0 Å². The highest BCUT2D eigenvalue weighted by molar-refractivity contribution is 5.12. The van der Waals surface area contributed by atoms with Crippen molar-refractivity contribution in [3.05, 3.63) is 23.8 Å². The van der Waals surface area contributed by atoms with Crippen LogP contribution in [0, 0.1) is 6.92 Å². The molecule has 0 aliphatic carbocycles. The van der Waals surface area contributed by atoms with Crippen molar-refractivity contribution in [2.75, 3.05) is 19.6 Å². The Morgan fingerprint density at radius 2 is 2.00 bits per heavy atom. The van der Waals surface area contributed by atoms with E-state index in [1.54, 1.807) is 12.4 Å². The van der Waals surface area contributed by atoms with Gasteiger partial charge >= 0.3 is 0 Å². The van der Waals surface area contributed by atoms with Gasteiger partial charge in [0.05, 0.1) is 11.4 Å². The van der Waals surface area contributed by atoms with Crippen LogP contribution in [0.3, 0.4) is 0 Å². The molecule has 0 bridgehead atoms. The van der Waals surface area contributed by atoms with Crippen molar-refractivity contribution in [3.63, 3.8) is 0 Å². The third kappa shape index (κ3) is 4.25. The van der Waals surface area contributed by atoms with Crippen LogP contribution in [-0.2, 0) is 0 Å². The SMILES string of the molecule is CCCCN1CCC(NC(C)c2nccnc2C)CC1. The Morgan fingerprint density at radius 3 is 2.65 bits per heavy atom. The Balaban J connectivity index is 1.79. The van der Waals surface area contributed by atoms with E-state index in [0.29, 0.717) is 6.04 Å². The highest BCUT2D eigenvalue weighted by atomic mass is 15.1. The quantitative estimate of drug-likeness (QED) is 0.867. The Labute approximate surface area is 123 Å². The zero-order valence-corrected chi connectivity index (χ0v) is 13.1. The number of aryl methyl sites for hydroxylation is 1. The number of rotatable bonds is 6. The summed E-state index contributed by atoms with van der Waals surface area (Å²) in [5, 5.41) is 3.72. The van der Waals surface area contributed by atoms with Gasteiger partial charge in [-0.3, -0.25) is 9.97 Å². The van der Waals surface area contributed by atoms with E-state index in [9.17, 15) is 0 Å². The molecule has 1 aromatic heterocycles. The summed E-state index contributed by atoms with van der Waals surface area (Å²) in [7, 11) is 0. The van der Waals surface area contributed by atoms with Gasteiger partial charge in [-0.2, -0.15) is 0 Å². The van der Waals surface area contributed by atoms with Crippen LogP contribution in [0.5, 0.6) is 0 Å². The van der Waals surface area contributed by atoms with Crippen LogP contribution >= 0.6 is 0 Å². The minimum Gasteiger partial charge on any atom is -0.306 e. The van der Waals surface area contributed by atoms with Crippen LogP contribution in [0.4, 0.5) is 0 Å². The molecule has 1 atom stereocenters. The number of unbranched alkanes of at least 4 members (excludes halogenated alkanes) is 1. The van der Waals surface area contributed by atoms with E-state index < -0.39 is 0 Å². The van der Waals surface area contributed by atoms with E-state index in [1.165, 1.54) is 45.3 Å². The first kappa shape index (κ1) is 15.4. The van der Waals surface area contributed by atoms with Crippen molar-refractivity contribution in [1.29, 1.82) is 0 Å². The summed E-state index contributed by atoms with van der Waals surface area (Å²) in [6.07, 6.45) is 8.65. The summed E-state index contributed by atoms with van der Waals surface area (Å²) in [6, 6.07) is 0.903. The number of nitrogens with zero attached hydrogens (tertiary/aromatic N) is 3. The molecule has 1 aliphatic rings. The number of aromatic nitrogens is 2. The molecule has 2 heterocycles. The Hall–Kier alpha value is -1.00. The van der Waals surface area contributed by atoms with Gasteiger partial charge in [0.25, 0.3) is 0 Å². The van der Waals surface area contributed by atoms with Gasteiger partial charge in [-0.15, -0.1) is 0 Å². The molecule has 20 heavy (non-hydrogen) atoms. The van der Waals surface area contributed by atoms with Crippen LogP contribution in [0.15, 0.2) is 12.4 Å². The van der Waals surface area contributed by atoms with Crippen LogP contribution in [0.1, 0.15) is 57.0 Å². The number of likely N-dealkylation sites (tertiary alicyclic amines) is 1. The monoisotopic (exact) mass is 276 g/mol. The molecule has 1 fully saturated rings. The maximum atomic E-state index is 4.46. The highest BCUT2D eigenvalue weighted by Crippen LogP contribution is 2.17. The van der Waals surface area contributed by atoms with Gasteiger partial charge in [-0.1, -0.05) is 13.3 Å². The summed E-state index contributed by atoms with van der Waals surface area (Å²) < 4.78 is 0. The molecule has 0 spiro atoms. The first-order valence-electron chi connectivity index (χ1n) is 7.96. The molecule has 4 heteroatoms. The van der Waals surface area contributed by atoms with E-state index in [1.807, 2.05) is 6.92 Å². The summed E-state index contributed by atoms with van der Waals surface area (Å²) in [5.74, 6) is 0. The molecule has 1 N–H and O–H groups in total. The first-order chi connectivity index (χ1) is 9.70. The van der Waals surface area contributed by atoms with E-state index >= 15 is 0 Å². The minimum atomic E-state index is 0.288. The predicted molar refractivity (Wildman–Crippen MR) is 82.7 cm³/mol. The lowest BCUT2D eigenvalue weighted by Gasteiger charge is -2.33. The fraction of sp³-hybridized carbons (Fsp3) is 0.750. The van der Waals surface area contributed by atoms with Crippen molar-refractivity contribution in [1.82, 2.24) is 20.2 Å². The van der Waals surface area contributed by atoms with Gasteiger partial charge < -0.3 is 10.2 Å². The van der Waals surface area contributed by atoms with Gasteiger partial charge in [-0.25, -0.2) is 0 Å². The number of nitrogens with one attached hydrogen (secondary N) is 1. The van der Waals surface area contributed by atoms with Crippen LogP contribution in [0.25, 0.3) is 0 Å². The summed E-state index contributed by atoms with van der Waals surface area (Å²) >= 11 is 0. The molecule has 4 nitrogen and oxygen atoms in total. The van der Waals surface area contributed by atoms with Crippen LogP contribution in [-0.4, -0.2) is 40.5 Å². The van der Waals surface area contributed by atoms with Gasteiger partial charge in [0.2, 0.25) is 0 Å². The van der Waals surface area contributed by atoms with Crippen molar-refractivity contribution in [2.45, 2.75) is 58.5 Å². The van der Waals surface area contributed by atoms with E-state index in [2.05, 4.69) is 34.0 Å². The second kappa shape index (κ2) is 7.70. The smallest absolute Gasteiger partial charge is 0.0782 e. The maximum Gasteiger partial charge on any atom is 0.0782 e. The molecule has 2 rings (SSSR count). The second-order valence-electron chi connectivity index (χ2n) is 5.88. The first-order valence-corrected chi connectivity index (χ1v) is 7.96. The molecule has 0 saturated carbocycles. The number of piperidine rings is 1. The standard InChI is InChI=1S/C16H28N4/c1-4-5-10-20-11-6-15(7-12-20)19-14(3)16-13(2)17-8-9-18-16/h8-9,14-15,19H,4-7,10-12H2,1-3H3. The lowest BCUT2D eigenvalue weighted by molar-refractivity contribution is 0.189. The topological polar surface area (TPSA) is 41.0 Å². The van der Waals surface area contributed by atoms with Crippen molar-refractivity contribution >= 4 is 0 Å². The predicted octanol–water partition coefficient (Wildman–Crippen LogP) is 2.70. The fourth-order valence-electron chi connectivity index (χ4n) is 2.98. The molecular formula is C16H28N4. The van der Waals surface area contributed by atoms with Gasteiger partial charge in [-0.05, 0) is 52.7 Å². The van der Waals surface area contributed by atoms with E-state index in [4.69, 9.17) is 0 Å².